The van der Waals surface area contributed by atoms with Crippen LogP contribution in [-0.2, 0) is 20.2 Å². The van der Waals surface area contributed by atoms with Gasteiger partial charge in [-0.1, -0.05) is 23.1 Å². The molecule has 11 heteroatoms. The summed E-state index contributed by atoms with van der Waals surface area (Å²) in [7, 11) is 4.27. The van der Waals surface area contributed by atoms with Crippen LogP contribution in [0.4, 0.5) is 5.95 Å². The van der Waals surface area contributed by atoms with E-state index < -0.39 is 5.44 Å². The van der Waals surface area contributed by atoms with Gasteiger partial charge in [0, 0.05) is 14.2 Å². The number of thioether (sulfide) groups is 1. The fraction of sp³-hybridized carbons (Fsp3) is 0.455. The number of fused-ring (bicyclic) bond motifs is 1. The quantitative estimate of drug-likeness (QED) is 0.580. The van der Waals surface area contributed by atoms with E-state index in [1.807, 2.05) is 0 Å². The number of rotatable bonds is 6. The van der Waals surface area contributed by atoms with E-state index in [1.165, 1.54) is 32.0 Å². The number of nitrogens with two attached hydrogens (primary N) is 1. The van der Waals surface area contributed by atoms with Crippen molar-refractivity contribution in [3.8, 4) is 0 Å². The maximum Gasteiger partial charge on any atom is 0.310 e. The van der Waals surface area contributed by atoms with Crippen molar-refractivity contribution < 1.29 is 14.4 Å². The molecule has 1 atom stereocenters. The summed E-state index contributed by atoms with van der Waals surface area (Å²) >= 11 is 2.16. The van der Waals surface area contributed by atoms with Crippen molar-refractivity contribution in [3.05, 3.63) is 15.9 Å². The lowest BCUT2D eigenvalue weighted by atomic mass is 10.6. The molecular formula is C11H15N5O4S2. The predicted octanol–water partition coefficient (Wildman–Crippen LogP) is 0.118. The van der Waals surface area contributed by atoms with Crippen LogP contribution in [0.15, 0.2) is 11.0 Å². The van der Waals surface area contributed by atoms with Crippen molar-refractivity contribution >= 4 is 45.3 Å². The molecule has 0 aromatic carbocycles. The molecule has 1 amide bonds. The fourth-order valence-corrected chi connectivity index (χ4v) is 3.45. The van der Waals surface area contributed by atoms with Crippen LogP contribution in [0.25, 0.3) is 10.3 Å². The number of likely N-dealkylation sites (N-methyl/N-ethyl adjacent to an activating group) is 1. The molecule has 0 aliphatic rings. The van der Waals surface area contributed by atoms with Gasteiger partial charge in [0.05, 0.1) is 23.9 Å². The lowest BCUT2D eigenvalue weighted by Gasteiger charge is -2.20. The summed E-state index contributed by atoms with van der Waals surface area (Å²) in [5.74, 6) is -0.0869. The number of hydrogen-bond donors (Lipinski definition) is 1. The van der Waals surface area contributed by atoms with E-state index in [0.29, 0.717) is 10.3 Å². The largest absolute Gasteiger partial charge is 0.368 e. The molecule has 0 fully saturated rings. The second-order valence-corrected chi connectivity index (χ2v) is 6.11. The molecule has 2 rings (SSSR count). The molecule has 2 heterocycles. The molecule has 0 spiro atoms. The fourth-order valence-electron chi connectivity index (χ4n) is 1.61. The molecule has 22 heavy (non-hydrogen) atoms. The van der Waals surface area contributed by atoms with Gasteiger partial charge in [-0.3, -0.25) is 19.0 Å². The van der Waals surface area contributed by atoms with E-state index >= 15 is 0 Å². The zero-order valence-electron chi connectivity index (χ0n) is 12.2. The lowest BCUT2D eigenvalue weighted by molar-refractivity contribution is -0.174. The third kappa shape index (κ3) is 3.38. The molecule has 0 aliphatic carbocycles. The first kappa shape index (κ1) is 16.7. The molecule has 2 N–H and O–H groups in total. The number of thiazole rings is 1. The van der Waals surface area contributed by atoms with E-state index in [-0.39, 0.29) is 22.6 Å². The number of amides is 1. The molecule has 0 bridgehead atoms. The first-order valence-corrected chi connectivity index (χ1v) is 7.92. The second-order valence-electron chi connectivity index (χ2n) is 4.09. The molecular weight excluding hydrogens is 330 g/mol. The summed E-state index contributed by atoms with van der Waals surface area (Å²) in [5.41, 5.74) is 5.19. The van der Waals surface area contributed by atoms with Crippen LogP contribution in [0, 0.1) is 0 Å². The average molecular weight is 345 g/mol. The van der Waals surface area contributed by atoms with Crippen molar-refractivity contribution in [1.29, 1.82) is 0 Å². The Morgan fingerprint density at radius 2 is 2.32 bits per heavy atom. The predicted molar refractivity (Wildman–Crippen MR) is 84.3 cm³/mol. The first-order valence-electron chi connectivity index (χ1n) is 6.05. The molecule has 2 aromatic rings. The molecule has 0 radical (unpaired) electrons. The van der Waals surface area contributed by atoms with Crippen LogP contribution >= 0.6 is 23.1 Å². The topological polar surface area (TPSA) is 113 Å². The monoisotopic (exact) mass is 345 g/mol. The highest BCUT2D eigenvalue weighted by Crippen LogP contribution is 2.21. The Morgan fingerprint density at radius 1 is 1.59 bits per heavy atom. The average Bonchev–Trinajstić information content (AvgIpc) is 2.82. The van der Waals surface area contributed by atoms with E-state index in [1.54, 1.807) is 0 Å². The van der Waals surface area contributed by atoms with Crippen LogP contribution in [0.3, 0.4) is 0 Å². The third-order valence-electron chi connectivity index (χ3n) is 2.78. The van der Waals surface area contributed by atoms with Gasteiger partial charge in [0.1, 0.15) is 0 Å². The Balaban J connectivity index is 2.20. The Hall–Kier alpha value is -1.69. The minimum atomic E-state index is -0.800. The number of nitrogen functional groups attached to an aromatic ring is 1. The normalized spacial score (nSPS) is 12.5. The second kappa shape index (κ2) is 7.05. The van der Waals surface area contributed by atoms with E-state index in [0.717, 1.165) is 28.2 Å². The van der Waals surface area contributed by atoms with Crippen LogP contribution in [0.2, 0.25) is 0 Å². The standard InChI is InChI=1S/C11H15N5O4S2/c1-15(20-3)8(17)9(19-2)21-5-16-7-6(22-11(16)18)4-13-10(12)14-7/h4,9H,5H2,1-3H3,(H2,12,13,14). The number of nitrogens with zero attached hydrogens (tertiary/aromatic N) is 4. The number of hydrogen-bond acceptors (Lipinski definition) is 9. The first-order chi connectivity index (χ1) is 10.5. The maximum atomic E-state index is 12.0. The molecule has 0 aliphatic heterocycles. The minimum Gasteiger partial charge on any atom is -0.368 e. The molecule has 0 saturated heterocycles. The van der Waals surface area contributed by atoms with Gasteiger partial charge in [0.25, 0.3) is 5.91 Å². The van der Waals surface area contributed by atoms with Crippen LogP contribution in [0.1, 0.15) is 0 Å². The number of carbonyl (C=O) groups excluding carboxylic acids is 1. The Bertz CT molecular complexity index is 731. The van der Waals surface area contributed by atoms with Crippen molar-refractivity contribution in [1.82, 2.24) is 19.6 Å². The number of hydroxylamine groups is 2. The van der Waals surface area contributed by atoms with Crippen LogP contribution < -0.4 is 10.6 Å². The van der Waals surface area contributed by atoms with Gasteiger partial charge < -0.3 is 10.5 Å². The van der Waals surface area contributed by atoms with Crippen molar-refractivity contribution in [2.75, 3.05) is 27.0 Å². The molecule has 120 valence electrons. The van der Waals surface area contributed by atoms with Gasteiger partial charge in [0.2, 0.25) is 5.95 Å². The summed E-state index contributed by atoms with van der Waals surface area (Å²) in [6.07, 6.45) is 1.50. The Labute approximate surface area is 134 Å². The van der Waals surface area contributed by atoms with Crippen molar-refractivity contribution in [2.45, 2.75) is 11.3 Å². The maximum absolute atomic E-state index is 12.0. The molecule has 9 nitrogen and oxygen atoms in total. The van der Waals surface area contributed by atoms with E-state index in [9.17, 15) is 9.59 Å². The van der Waals surface area contributed by atoms with Gasteiger partial charge in [-0.15, -0.1) is 0 Å². The SMILES string of the molecule is COC(SCn1c(=O)sc2cnc(N)nc21)C(=O)N(C)OC. The van der Waals surface area contributed by atoms with E-state index in [4.69, 9.17) is 15.3 Å². The Morgan fingerprint density at radius 3 is 2.95 bits per heavy atom. The van der Waals surface area contributed by atoms with Gasteiger partial charge in [-0.25, -0.2) is 10.0 Å². The Kier molecular flexibility index (Phi) is 5.34. The summed E-state index contributed by atoms with van der Waals surface area (Å²) in [5, 5.41) is 1.07. The van der Waals surface area contributed by atoms with Crippen molar-refractivity contribution in [3.63, 3.8) is 0 Å². The summed E-state index contributed by atoms with van der Waals surface area (Å²) < 4.78 is 7.19. The number of carbonyl (C=O) groups is 1. The highest BCUT2D eigenvalue weighted by Gasteiger charge is 2.23. The van der Waals surface area contributed by atoms with Crippen LogP contribution in [0.5, 0.6) is 0 Å². The summed E-state index contributed by atoms with van der Waals surface area (Å²) in [6, 6.07) is 0. The number of ether oxygens (including phenoxy) is 1. The lowest BCUT2D eigenvalue weighted by Crippen LogP contribution is -2.35. The van der Waals surface area contributed by atoms with Gasteiger partial charge in [0.15, 0.2) is 11.1 Å². The van der Waals surface area contributed by atoms with Crippen molar-refractivity contribution in [2.24, 2.45) is 0 Å². The summed E-state index contributed by atoms with van der Waals surface area (Å²) in [4.78, 5) is 36.5. The smallest absolute Gasteiger partial charge is 0.310 e. The highest BCUT2D eigenvalue weighted by molar-refractivity contribution is 7.99. The number of methoxy groups -OCH3 is 1. The number of anilines is 1. The highest BCUT2D eigenvalue weighted by atomic mass is 32.2. The zero-order valence-corrected chi connectivity index (χ0v) is 13.8. The van der Waals surface area contributed by atoms with E-state index in [2.05, 4.69) is 9.97 Å². The van der Waals surface area contributed by atoms with Gasteiger partial charge in [-0.2, -0.15) is 4.98 Å². The van der Waals surface area contributed by atoms with Crippen LogP contribution in [-0.4, -0.2) is 52.2 Å². The zero-order chi connectivity index (χ0) is 16.3. The molecule has 2 aromatic heterocycles. The molecule has 1 unspecified atom stereocenters. The molecule has 0 saturated carbocycles. The third-order valence-corrected chi connectivity index (χ3v) is 4.79. The number of aromatic nitrogens is 3. The van der Waals surface area contributed by atoms with Gasteiger partial charge >= 0.3 is 4.87 Å². The van der Waals surface area contributed by atoms with Gasteiger partial charge in [-0.05, 0) is 0 Å². The minimum absolute atomic E-state index is 0.0857. The summed E-state index contributed by atoms with van der Waals surface area (Å²) in [6.45, 7) is 0.